The van der Waals surface area contributed by atoms with Crippen LogP contribution in [-0.2, 0) is 14.4 Å². The molecule has 0 unspecified atom stereocenters. The summed E-state index contributed by atoms with van der Waals surface area (Å²) in [4.78, 5) is 57.0. The normalized spacial score (nSPS) is 11.0. The average Bonchev–Trinajstić information content (AvgIpc) is 2.64. The molecule has 152 valence electrons. The third-order valence-electron chi connectivity index (χ3n) is 3.61. The summed E-state index contributed by atoms with van der Waals surface area (Å²) in [5.74, 6) is -2.76. The van der Waals surface area contributed by atoms with Crippen molar-refractivity contribution in [1.29, 1.82) is 0 Å². The summed E-state index contributed by atoms with van der Waals surface area (Å²) in [6.07, 6.45) is -0.137. The molecule has 11 nitrogen and oxygen atoms in total. The Balaban J connectivity index is 2.41. The van der Waals surface area contributed by atoms with Gasteiger partial charge in [0.25, 0.3) is 0 Å². The number of anilines is 1. The Morgan fingerprint density at radius 2 is 1.71 bits per heavy atom. The lowest BCUT2D eigenvalue weighted by Crippen LogP contribution is -2.50. The van der Waals surface area contributed by atoms with Gasteiger partial charge in [0.2, 0.25) is 17.7 Å². The quantitative estimate of drug-likeness (QED) is 0.307. The van der Waals surface area contributed by atoms with Crippen LogP contribution in [0, 0.1) is 0 Å². The van der Waals surface area contributed by atoms with E-state index < -0.39 is 35.8 Å². The van der Waals surface area contributed by atoms with Gasteiger partial charge in [-0.05, 0) is 30.7 Å². The molecule has 11 heteroatoms. The highest BCUT2D eigenvalue weighted by molar-refractivity contribution is 5.96. The number of benzene rings is 1. The van der Waals surface area contributed by atoms with Crippen molar-refractivity contribution in [3.05, 3.63) is 29.8 Å². The van der Waals surface area contributed by atoms with Crippen LogP contribution < -0.4 is 27.0 Å². The van der Waals surface area contributed by atoms with E-state index in [0.717, 1.165) is 0 Å². The van der Waals surface area contributed by atoms with Gasteiger partial charge in [0.05, 0.1) is 5.56 Å². The summed E-state index contributed by atoms with van der Waals surface area (Å²) in [7, 11) is 1.37. The maximum Gasteiger partial charge on any atom is 0.335 e. The number of primary amides is 1. The van der Waals surface area contributed by atoms with Crippen molar-refractivity contribution in [2.45, 2.75) is 25.3 Å². The fourth-order valence-corrected chi connectivity index (χ4v) is 2.16. The van der Waals surface area contributed by atoms with Gasteiger partial charge in [-0.15, -0.1) is 0 Å². The zero-order valence-electron chi connectivity index (χ0n) is 15.3. The van der Waals surface area contributed by atoms with E-state index in [0.29, 0.717) is 5.69 Å². The number of rotatable bonds is 10. The number of carbonyl (C=O) groups is 5. The van der Waals surface area contributed by atoms with E-state index in [1.54, 1.807) is 12.1 Å². The van der Waals surface area contributed by atoms with Gasteiger partial charge in [0.1, 0.15) is 6.04 Å². The van der Waals surface area contributed by atoms with Crippen molar-refractivity contribution in [3.63, 3.8) is 0 Å². The van der Waals surface area contributed by atoms with Gasteiger partial charge < -0.3 is 26.8 Å². The molecule has 5 amide bonds. The lowest BCUT2D eigenvalue weighted by Gasteiger charge is -2.16. The standard InChI is InChI=1S/C17H23N5O6/c1-19-15(25)12(6-7-13(18)23)21-17(28)22-14(24)8-9-20-11-4-2-10(3-5-11)16(26)27/h2-5,12,20H,6-9H2,1H3,(H2,18,23)(H,19,25)(H,26,27)(H2,21,22,24,28)/t12-/m0/s1. The van der Waals surface area contributed by atoms with Gasteiger partial charge in [-0.3, -0.25) is 19.7 Å². The number of carbonyl (C=O) groups excluding carboxylic acids is 4. The lowest BCUT2D eigenvalue weighted by atomic mass is 10.1. The number of aromatic carboxylic acids is 1. The number of hydrogen-bond acceptors (Lipinski definition) is 6. The number of amides is 5. The molecule has 0 bridgehead atoms. The third kappa shape index (κ3) is 8.17. The first-order chi connectivity index (χ1) is 13.2. The molecule has 0 fully saturated rings. The summed E-state index contributed by atoms with van der Waals surface area (Å²) in [6.45, 7) is 0.200. The summed E-state index contributed by atoms with van der Waals surface area (Å²) >= 11 is 0. The molecule has 0 spiro atoms. The minimum atomic E-state index is -1.04. The number of carboxylic acid groups (broad SMARTS) is 1. The van der Waals surface area contributed by atoms with Gasteiger partial charge >= 0.3 is 12.0 Å². The van der Waals surface area contributed by atoms with E-state index >= 15 is 0 Å². The van der Waals surface area contributed by atoms with Crippen LogP contribution in [0.15, 0.2) is 24.3 Å². The molecule has 0 saturated carbocycles. The predicted molar refractivity (Wildman–Crippen MR) is 99.5 cm³/mol. The highest BCUT2D eigenvalue weighted by Crippen LogP contribution is 2.09. The van der Waals surface area contributed by atoms with E-state index in [1.165, 1.54) is 19.2 Å². The van der Waals surface area contributed by atoms with Crippen LogP contribution in [0.5, 0.6) is 0 Å². The first-order valence-electron chi connectivity index (χ1n) is 8.40. The fraction of sp³-hybridized carbons (Fsp3) is 0.353. The first-order valence-corrected chi connectivity index (χ1v) is 8.40. The first kappa shape index (κ1) is 22.4. The van der Waals surface area contributed by atoms with Crippen molar-refractivity contribution in [2.24, 2.45) is 5.73 Å². The summed E-state index contributed by atoms with van der Waals surface area (Å²) < 4.78 is 0. The minimum absolute atomic E-state index is 0.00448. The number of nitrogens with two attached hydrogens (primary N) is 1. The molecule has 0 aliphatic carbocycles. The molecule has 7 N–H and O–H groups in total. The predicted octanol–water partition coefficient (Wildman–Crippen LogP) is -0.607. The summed E-state index contributed by atoms with van der Waals surface area (Å²) in [5, 5.41) is 18.5. The molecule has 0 aliphatic rings. The van der Waals surface area contributed by atoms with Crippen molar-refractivity contribution < 1.29 is 29.1 Å². The van der Waals surface area contributed by atoms with E-state index in [1.807, 2.05) is 0 Å². The van der Waals surface area contributed by atoms with Crippen LogP contribution in [-0.4, -0.2) is 54.5 Å². The van der Waals surface area contributed by atoms with Crippen LogP contribution >= 0.6 is 0 Å². The van der Waals surface area contributed by atoms with Gasteiger partial charge in [-0.2, -0.15) is 0 Å². The molecule has 0 aliphatic heterocycles. The number of urea groups is 1. The van der Waals surface area contributed by atoms with E-state index in [9.17, 15) is 24.0 Å². The second-order valence-electron chi connectivity index (χ2n) is 5.75. The Labute approximate surface area is 161 Å². The topological polar surface area (TPSA) is 180 Å². The summed E-state index contributed by atoms with van der Waals surface area (Å²) in [5.41, 5.74) is 5.79. The van der Waals surface area contributed by atoms with E-state index in [-0.39, 0.29) is 31.4 Å². The third-order valence-corrected chi connectivity index (χ3v) is 3.61. The second kappa shape index (κ2) is 11.2. The van der Waals surface area contributed by atoms with Crippen LogP contribution in [0.25, 0.3) is 0 Å². The Hall–Kier alpha value is -3.63. The van der Waals surface area contributed by atoms with E-state index in [2.05, 4.69) is 21.3 Å². The number of nitrogens with one attached hydrogen (secondary N) is 4. The fourth-order valence-electron chi connectivity index (χ4n) is 2.16. The lowest BCUT2D eigenvalue weighted by molar-refractivity contribution is -0.123. The molecule has 0 saturated heterocycles. The maximum absolute atomic E-state index is 11.8. The van der Waals surface area contributed by atoms with Crippen molar-refractivity contribution >= 4 is 35.4 Å². The Morgan fingerprint density at radius 3 is 2.25 bits per heavy atom. The zero-order chi connectivity index (χ0) is 21.1. The van der Waals surface area contributed by atoms with Crippen LogP contribution in [0.2, 0.25) is 0 Å². The monoisotopic (exact) mass is 393 g/mol. The zero-order valence-corrected chi connectivity index (χ0v) is 15.3. The maximum atomic E-state index is 11.8. The van der Waals surface area contributed by atoms with E-state index in [4.69, 9.17) is 10.8 Å². The number of likely N-dealkylation sites (N-methyl/N-ethyl adjacent to an activating group) is 1. The van der Waals surface area contributed by atoms with Crippen LogP contribution in [0.4, 0.5) is 10.5 Å². The molecule has 1 aromatic carbocycles. The number of imide groups is 1. The molecule has 0 radical (unpaired) electrons. The average molecular weight is 393 g/mol. The highest BCUT2D eigenvalue weighted by atomic mass is 16.4. The van der Waals surface area contributed by atoms with Gasteiger partial charge in [-0.1, -0.05) is 0 Å². The molecule has 1 aromatic rings. The molecule has 28 heavy (non-hydrogen) atoms. The Bertz CT molecular complexity index is 734. The second-order valence-corrected chi connectivity index (χ2v) is 5.75. The van der Waals surface area contributed by atoms with Crippen molar-refractivity contribution in [2.75, 3.05) is 18.9 Å². The number of hydrogen-bond donors (Lipinski definition) is 6. The Morgan fingerprint density at radius 1 is 1.07 bits per heavy atom. The molecule has 1 atom stereocenters. The molecule has 1 rings (SSSR count). The minimum Gasteiger partial charge on any atom is -0.478 e. The van der Waals surface area contributed by atoms with Crippen LogP contribution in [0.1, 0.15) is 29.6 Å². The smallest absolute Gasteiger partial charge is 0.335 e. The molecular formula is C17H23N5O6. The molecule has 0 heterocycles. The van der Waals surface area contributed by atoms with Gasteiger partial charge in [-0.25, -0.2) is 9.59 Å². The molecular weight excluding hydrogens is 370 g/mol. The molecule has 0 aromatic heterocycles. The van der Waals surface area contributed by atoms with Crippen LogP contribution in [0.3, 0.4) is 0 Å². The Kier molecular flexibility index (Phi) is 8.93. The number of carboxylic acids is 1. The SMILES string of the molecule is CNC(=O)[C@H](CCC(N)=O)NC(=O)NC(=O)CCNc1ccc(C(=O)O)cc1. The largest absolute Gasteiger partial charge is 0.478 e. The van der Waals surface area contributed by atoms with Crippen molar-refractivity contribution in [3.8, 4) is 0 Å². The van der Waals surface area contributed by atoms with Gasteiger partial charge in [0.15, 0.2) is 0 Å². The highest BCUT2D eigenvalue weighted by Gasteiger charge is 2.21. The summed E-state index contributed by atoms with van der Waals surface area (Å²) in [6, 6.07) is 4.08. The van der Waals surface area contributed by atoms with Gasteiger partial charge in [0, 0.05) is 32.1 Å². The van der Waals surface area contributed by atoms with Crippen molar-refractivity contribution in [1.82, 2.24) is 16.0 Å².